The van der Waals surface area contributed by atoms with Gasteiger partial charge in [0, 0.05) is 16.6 Å². The molecule has 1 aromatic rings. The zero-order chi connectivity index (χ0) is 19.4. The second-order valence-electron chi connectivity index (χ2n) is 8.63. The summed E-state index contributed by atoms with van der Waals surface area (Å²) in [6.07, 6.45) is 6.25. The first-order valence-corrected chi connectivity index (χ1v) is 9.51. The maximum Gasteiger partial charge on any atom is 0.334 e. The number of hydrogen-bond acceptors (Lipinski definition) is 6. The third kappa shape index (κ3) is 2.64. The molecule has 1 saturated carbocycles. The van der Waals surface area contributed by atoms with E-state index < -0.39 is 22.9 Å². The van der Waals surface area contributed by atoms with Crippen molar-refractivity contribution < 1.29 is 28.6 Å². The van der Waals surface area contributed by atoms with E-state index in [9.17, 15) is 14.7 Å². The van der Waals surface area contributed by atoms with Gasteiger partial charge in [-0.3, -0.25) is 4.79 Å². The Bertz CT molecular complexity index is 781. The first-order valence-electron chi connectivity index (χ1n) is 9.51. The van der Waals surface area contributed by atoms with E-state index in [-0.39, 0.29) is 23.9 Å². The van der Waals surface area contributed by atoms with E-state index in [2.05, 4.69) is 13.8 Å². The molecule has 0 aromatic carbocycles. The lowest BCUT2D eigenvalue weighted by atomic mass is 9.45. The molecule has 4 rings (SSSR count). The van der Waals surface area contributed by atoms with Gasteiger partial charge in [-0.05, 0) is 49.2 Å². The quantitative estimate of drug-likeness (QED) is 0.800. The molecule has 146 valence electrons. The summed E-state index contributed by atoms with van der Waals surface area (Å²) in [7, 11) is 1.36. The lowest BCUT2D eigenvalue weighted by Crippen LogP contribution is -2.57. The van der Waals surface area contributed by atoms with Gasteiger partial charge in [-0.25, -0.2) is 4.79 Å². The van der Waals surface area contributed by atoms with Crippen LogP contribution in [0.25, 0.3) is 0 Å². The van der Waals surface area contributed by atoms with Crippen molar-refractivity contribution in [3.05, 3.63) is 35.8 Å². The highest BCUT2D eigenvalue weighted by Gasteiger charge is 2.62. The minimum atomic E-state index is -0.724. The van der Waals surface area contributed by atoms with E-state index in [1.54, 1.807) is 18.6 Å². The van der Waals surface area contributed by atoms with Crippen molar-refractivity contribution in [1.82, 2.24) is 0 Å². The summed E-state index contributed by atoms with van der Waals surface area (Å²) in [5.74, 6) is -0.850. The van der Waals surface area contributed by atoms with Crippen LogP contribution in [0, 0.1) is 22.7 Å². The van der Waals surface area contributed by atoms with E-state index in [0.29, 0.717) is 31.3 Å². The van der Waals surface area contributed by atoms with Crippen molar-refractivity contribution in [3.8, 4) is 0 Å². The Morgan fingerprint density at radius 3 is 2.81 bits per heavy atom. The largest absolute Gasteiger partial charge is 0.472 e. The van der Waals surface area contributed by atoms with E-state index in [4.69, 9.17) is 13.9 Å². The molecule has 3 aliphatic rings. The van der Waals surface area contributed by atoms with Gasteiger partial charge in [0.2, 0.25) is 0 Å². The number of aliphatic hydroxyl groups is 1. The predicted molar refractivity (Wildman–Crippen MR) is 95.3 cm³/mol. The van der Waals surface area contributed by atoms with Crippen molar-refractivity contribution >= 4 is 11.9 Å². The fraction of sp³-hybridized carbons (Fsp3) is 0.619. The third-order valence-electron chi connectivity index (χ3n) is 7.25. The number of rotatable bonds is 2. The SMILES string of the molecule is COC(=O)C1=CC(O)CC2C1(C)CCC1C(=O)OC(c3ccoc3)CC12C. The highest BCUT2D eigenvalue weighted by atomic mass is 16.5. The van der Waals surface area contributed by atoms with Crippen LogP contribution in [0.1, 0.15) is 51.2 Å². The van der Waals surface area contributed by atoms with E-state index >= 15 is 0 Å². The minimum Gasteiger partial charge on any atom is -0.472 e. The standard InChI is InChI=1S/C21H26O6/c1-20-6-4-14-19(24)27-16(12-5-7-26-11-12)10-21(14,2)17(20)9-13(22)8-15(20)18(23)25-3/h5,7-8,11,13-14,16-17,22H,4,6,9-10H2,1-3H3. The van der Waals surface area contributed by atoms with Crippen LogP contribution in [0.2, 0.25) is 0 Å². The minimum absolute atomic E-state index is 0.0277. The maximum absolute atomic E-state index is 12.8. The van der Waals surface area contributed by atoms with Crippen LogP contribution in [-0.4, -0.2) is 30.3 Å². The zero-order valence-corrected chi connectivity index (χ0v) is 15.9. The van der Waals surface area contributed by atoms with Gasteiger partial charge in [0.05, 0.1) is 31.7 Å². The van der Waals surface area contributed by atoms with Crippen molar-refractivity contribution in [2.75, 3.05) is 7.11 Å². The second kappa shape index (κ2) is 6.23. The Morgan fingerprint density at radius 1 is 1.37 bits per heavy atom. The average molecular weight is 374 g/mol. The number of furan rings is 1. The van der Waals surface area contributed by atoms with Gasteiger partial charge in [-0.1, -0.05) is 13.8 Å². The fourth-order valence-electron chi connectivity index (χ4n) is 5.85. The molecule has 27 heavy (non-hydrogen) atoms. The Kier molecular flexibility index (Phi) is 4.22. The number of ether oxygens (including phenoxy) is 2. The Labute approximate surface area is 158 Å². The topological polar surface area (TPSA) is 86.0 Å². The number of carbonyl (C=O) groups excluding carboxylic acids is 2. The summed E-state index contributed by atoms with van der Waals surface area (Å²) < 4.78 is 15.9. The molecular formula is C21H26O6. The molecule has 1 saturated heterocycles. The van der Waals surface area contributed by atoms with Gasteiger partial charge >= 0.3 is 11.9 Å². The molecule has 1 aromatic heterocycles. The molecule has 6 heteroatoms. The van der Waals surface area contributed by atoms with Gasteiger partial charge in [-0.15, -0.1) is 0 Å². The monoisotopic (exact) mass is 374 g/mol. The predicted octanol–water partition coefficient (Wildman–Crippen LogP) is 3.17. The molecule has 6 atom stereocenters. The average Bonchev–Trinajstić information content (AvgIpc) is 3.16. The highest BCUT2D eigenvalue weighted by molar-refractivity contribution is 5.90. The number of hydrogen-bond donors (Lipinski definition) is 1. The number of esters is 2. The number of cyclic esters (lactones) is 1. The Balaban J connectivity index is 1.75. The molecule has 6 nitrogen and oxygen atoms in total. The summed E-state index contributed by atoms with van der Waals surface area (Å²) in [6, 6.07) is 1.82. The lowest BCUT2D eigenvalue weighted by Gasteiger charge is -2.59. The molecule has 0 spiro atoms. The third-order valence-corrected chi connectivity index (χ3v) is 7.25. The second-order valence-corrected chi connectivity index (χ2v) is 8.63. The molecule has 0 radical (unpaired) electrons. The molecular weight excluding hydrogens is 348 g/mol. The molecule has 6 unspecified atom stereocenters. The maximum atomic E-state index is 12.8. The van der Waals surface area contributed by atoms with Crippen LogP contribution < -0.4 is 0 Å². The van der Waals surface area contributed by atoms with E-state index in [1.807, 2.05) is 6.07 Å². The number of aliphatic hydroxyl groups excluding tert-OH is 1. The van der Waals surface area contributed by atoms with Gasteiger partial charge in [0.15, 0.2) is 0 Å². The summed E-state index contributed by atoms with van der Waals surface area (Å²) in [4.78, 5) is 25.3. The highest BCUT2D eigenvalue weighted by Crippen LogP contribution is 2.64. The fourth-order valence-corrected chi connectivity index (χ4v) is 5.85. The summed E-state index contributed by atoms with van der Waals surface area (Å²) in [5.41, 5.74) is 0.553. The summed E-state index contributed by atoms with van der Waals surface area (Å²) in [5, 5.41) is 10.5. The van der Waals surface area contributed by atoms with Crippen LogP contribution in [0.5, 0.6) is 0 Å². The lowest BCUT2D eigenvalue weighted by molar-refractivity contribution is -0.192. The van der Waals surface area contributed by atoms with Crippen LogP contribution in [0.4, 0.5) is 0 Å². The van der Waals surface area contributed by atoms with E-state index in [0.717, 1.165) is 5.56 Å². The number of fused-ring (bicyclic) bond motifs is 3. The van der Waals surface area contributed by atoms with Gasteiger partial charge < -0.3 is 19.0 Å². The Morgan fingerprint density at radius 2 is 2.15 bits per heavy atom. The van der Waals surface area contributed by atoms with Crippen molar-refractivity contribution in [1.29, 1.82) is 0 Å². The number of carbonyl (C=O) groups is 2. The zero-order valence-electron chi connectivity index (χ0n) is 15.9. The normalized spacial score (nSPS) is 41.0. The molecule has 1 N–H and O–H groups in total. The first-order chi connectivity index (χ1) is 12.8. The smallest absolute Gasteiger partial charge is 0.334 e. The molecule has 2 fully saturated rings. The number of methoxy groups -OCH3 is 1. The molecule has 0 bridgehead atoms. The van der Waals surface area contributed by atoms with E-state index in [1.165, 1.54) is 7.11 Å². The molecule has 1 aliphatic heterocycles. The summed E-state index contributed by atoms with van der Waals surface area (Å²) >= 11 is 0. The van der Waals surface area contributed by atoms with Gasteiger partial charge in [0.1, 0.15) is 6.10 Å². The molecule has 2 aliphatic carbocycles. The molecule has 2 heterocycles. The van der Waals surface area contributed by atoms with Crippen molar-refractivity contribution in [2.24, 2.45) is 22.7 Å². The van der Waals surface area contributed by atoms with Gasteiger partial charge in [-0.2, -0.15) is 0 Å². The summed E-state index contributed by atoms with van der Waals surface area (Å²) in [6.45, 7) is 4.18. The van der Waals surface area contributed by atoms with Crippen LogP contribution >= 0.6 is 0 Å². The van der Waals surface area contributed by atoms with Crippen LogP contribution in [0.15, 0.2) is 34.7 Å². The first kappa shape index (κ1) is 18.3. The van der Waals surface area contributed by atoms with Crippen molar-refractivity contribution in [2.45, 2.75) is 51.7 Å². The van der Waals surface area contributed by atoms with Crippen LogP contribution in [0.3, 0.4) is 0 Å². The van der Waals surface area contributed by atoms with Crippen LogP contribution in [-0.2, 0) is 19.1 Å². The Hall–Kier alpha value is -2.08. The van der Waals surface area contributed by atoms with Gasteiger partial charge in [0.25, 0.3) is 0 Å². The molecule has 0 amide bonds. The van der Waals surface area contributed by atoms with Crippen molar-refractivity contribution in [3.63, 3.8) is 0 Å².